The van der Waals surface area contributed by atoms with Crippen molar-refractivity contribution in [2.45, 2.75) is 90.0 Å². The fraction of sp³-hybridized carbons (Fsp3) is 1.00. The minimum absolute atomic E-state index is 0. The number of hydrogen-bond donors (Lipinski definition) is 0. The third kappa shape index (κ3) is 20.0. The van der Waals surface area contributed by atoms with Gasteiger partial charge in [-0.2, -0.15) is 0 Å². The number of nitrogens with zero attached hydrogens (tertiary/aromatic N) is 2. The van der Waals surface area contributed by atoms with Crippen molar-refractivity contribution in [3.05, 3.63) is 0 Å². The quantitative estimate of drug-likeness (QED) is 0.161. The molecule has 1 aliphatic rings. The first-order chi connectivity index (χ1) is 12.8. The molecule has 1 saturated carbocycles. The second-order valence-electron chi connectivity index (χ2n) is 9.68. The van der Waals surface area contributed by atoms with E-state index in [4.69, 9.17) is 11.6 Å². The highest BCUT2D eigenvalue weighted by Crippen LogP contribution is 2.25. The van der Waals surface area contributed by atoms with Crippen LogP contribution in [-0.4, -0.2) is 74.0 Å². The number of halogens is 4. The Bertz CT molecular complexity index is 336. The van der Waals surface area contributed by atoms with Crippen molar-refractivity contribution in [2.75, 3.05) is 59.0 Å². The summed E-state index contributed by atoms with van der Waals surface area (Å²) in [5, 5.41) is 1.14. The van der Waals surface area contributed by atoms with Crippen molar-refractivity contribution >= 4 is 27.5 Å². The summed E-state index contributed by atoms with van der Waals surface area (Å²) in [6.45, 7) is 6.17. The summed E-state index contributed by atoms with van der Waals surface area (Å²) < 4.78 is 2.38. The van der Waals surface area contributed by atoms with Crippen molar-refractivity contribution in [1.82, 2.24) is 0 Å². The van der Waals surface area contributed by atoms with Gasteiger partial charge in [-0.25, -0.2) is 0 Å². The van der Waals surface area contributed by atoms with Crippen LogP contribution in [0.2, 0.25) is 0 Å². The van der Waals surface area contributed by atoms with Gasteiger partial charge < -0.3 is 42.9 Å². The molecule has 180 valence electrons. The van der Waals surface area contributed by atoms with Crippen LogP contribution in [0.4, 0.5) is 0 Å². The van der Waals surface area contributed by atoms with E-state index in [1.165, 1.54) is 99.2 Å². The van der Waals surface area contributed by atoms with Gasteiger partial charge in [0.25, 0.3) is 0 Å². The molecule has 6 heteroatoms. The Morgan fingerprint density at radius 1 is 0.759 bits per heavy atom. The van der Waals surface area contributed by atoms with Crippen LogP contribution in [0.15, 0.2) is 0 Å². The Balaban J connectivity index is -0.000000437. The van der Waals surface area contributed by atoms with Gasteiger partial charge in [0.1, 0.15) is 0 Å². The monoisotopic (exact) mass is 626 g/mol. The Labute approximate surface area is 218 Å². The molecule has 0 unspecified atom stereocenters. The molecule has 0 aromatic carbocycles. The largest absolute Gasteiger partial charge is 1.00 e. The van der Waals surface area contributed by atoms with Crippen molar-refractivity contribution in [3.8, 4) is 0 Å². The molecule has 0 N–H and O–H groups in total. The van der Waals surface area contributed by atoms with Crippen LogP contribution in [0.5, 0.6) is 0 Å². The number of alkyl halides is 2. The van der Waals surface area contributed by atoms with E-state index in [2.05, 4.69) is 51.0 Å². The lowest BCUT2D eigenvalue weighted by atomic mass is 9.93. The molecule has 1 rings (SSSR count). The van der Waals surface area contributed by atoms with Crippen molar-refractivity contribution in [1.29, 1.82) is 0 Å². The highest BCUT2D eigenvalue weighted by atomic mass is 79.9. The summed E-state index contributed by atoms with van der Waals surface area (Å²) in [4.78, 5) is 0. The SMILES string of the molecule is CCCCCCC[N+](C)(C)CCCBr.C[N+](C)(CCCCl)C1CCCCC1.[Br-].[Br-]. The molecule has 1 fully saturated rings. The number of hydrogen-bond acceptors (Lipinski definition) is 0. The first kappa shape index (κ1) is 35.2. The fourth-order valence-electron chi connectivity index (χ4n) is 4.17. The molecule has 0 amide bonds. The predicted molar refractivity (Wildman–Crippen MR) is 128 cm³/mol. The zero-order chi connectivity index (χ0) is 20.6. The van der Waals surface area contributed by atoms with Gasteiger partial charge in [0.05, 0.1) is 53.9 Å². The van der Waals surface area contributed by atoms with E-state index in [1.807, 2.05) is 0 Å². The molecule has 0 saturated heterocycles. The first-order valence-corrected chi connectivity index (χ1v) is 13.2. The molecule has 29 heavy (non-hydrogen) atoms. The van der Waals surface area contributed by atoms with Gasteiger partial charge >= 0.3 is 0 Å². The highest BCUT2D eigenvalue weighted by Gasteiger charge is 2.28. The van der Waals surface area contributed by atoms with Crippen LogP contribution in [0.25, 0.3) is 0 Å². The molecule has 0 aliphatic heterocycles. The zero-order valence-corrected chi connectivity index (χ0v) is 25.5. The van der Waals surface area contributed by atoms with Gasteiger partial charge in [0.15, 0.2) is 0 Å². The summed E-state index contributed by atoms with van der Waals surface area (Å²) >= 11 is 9.23. The molecular formula is C23H50Br3ClN2. The average Bonchev–Trinajstić information content (AvgIpc) is 2.66. The van der Waals surface area contributed by atoms with Crippen LogP contribution in [0.1, 0.15) is 84.0 Å². The van der Waals surface area contributed by atoms with E-state index in [-0.39, 0.29) is 34.0 Å². The van der Waals surface area contributed by atoms with Gasteiger partial charge in [-0.05, 0) is 38.5 Å². The topological polar surface area (TPSA) is 0 Å². The molecule has 0 atom stereocenters. The maximum atomic E-state index is 5.74. The Kier molecular flexibility index (Phi) is 26.1. The summed E-state index contributed by atoms with van der Waals surface area (Å²) in [6.07, 6.45) is 16.6. The maximum Gasteiger partial charge on any atom is 0.0886 e. The van der Waals surface area contributed by atoms with Gasteiger partial charge in [-0.1, -0.05) is 48.5 Å². The lowest BCUT2D eigenvalue weighted by Crippen LogP contribution is -3.00. The molecule has 1 aliphatic carbocycles. The van der Waals surface area contributed by atoms with E-state index in [1.54, 1.807) is 0 Å². The minimum atomic E-state index is 0. The third-order valence-electron chi connectivity index (χ3n) is 6.20. The van der Waals surface area contributed by atoms with Crippen LogP contribution in [0.3, 0.4) is 0 Å². The third-order valence-corrected chi connectivity index (χ3v) is 7.02. The van der Waals surface area contributed by atoms with Gasteiger partial charge in [-0.15, -0.1) is 11.6 Å². The van der Waals surface area contributed by atoms with Gasteiger partial charge in [0.2, 0.25) is 0 Å². The van der Waals surface area contributed by atoms with E-state index in [0.29, 0.717) is 0 Å². The standard InChI is InChI=1S/C12H27BrN.C11H23ClN.2BrH/c1-4-5-6-7-8-11-14(2,3)12-9-10-13;1-13(2,10-6-9-12)11-7-4-3-5-8-11;;/h4-12H2,1-3H3;11H,3-10H2,1-2H3;2*1H/q2*+1;;/p-2. The average molecular weight is 630 g/mol. The summed E-state index contributed by atoms with van der Waals surface area (Å²) in [6, 6.07) is 0.900. The molecule has 0 aromatic rings. The molecule has 2 nitrogen and oxygen atoms in total. The second-order valence-corrected chi connectivity index (χ2v) is 10.8. The molecule has 0 radical (unpaired) electrons. The molecule has 0 heterocycles. The van der Waals surface area contributed by atoms with E-state index in [0.717, 1.165) is 23.7 Å². The Morgan fingerprint density at radius 2 is 1.31 bits per heavy atom. The van der Waals surface area contributed by atoms with E-state index < -0.39 is 0 Å². The number of rotatable bonds is 13. The molecular weight excluding hydrogens is 579 g/mol. The lowest BCUT2D eigenvalue weighted by molar-refractivity contribution is -0.916. The van der Waals surface area contributed by atoms with Gasteiger partial charge in [0, 0.05) is 24.1 Å². The summed E-state index contributed by atoms with van der Waals surface area (Å²) in [5.41, 5.74) is 0. The van der Waals surface area contributed by atoms with Crippen molar-refractivity contribution in [2.24, 2.45) is 0 Å². The fourth-order valence-corrected chi connectivity index (χ4v) is 4.54. The van der Waals surface area contributed by atoms with Crippen LogP contribution in [-0.2, 0) is 0 Å². The Hall–Kier alpha value is 1.65. The highest BCUT2D eigenvalue weighted by molar-refractivity contribution is 9.09. The summed E-state index contributed by atoms with van der Waals surface area (Å²) in [7, 11) is 9.43. The van der Waals surface area contributed by atoms with E-state index in [9.17, 15) is 0 Å². The molecule has 0 aromatic heterocycles. The smallest absolute Gasteiger partial charge is 0.0886 e. The molecule has 0 bridgehead atoms. The van der Waals surface area contributed by atoms with Crippen LogP contribution in [0, 0.1) is 0 Å². The van der Waals surface area contributed by atoms with Crippen LogP contribution >= 0.6 is 27.5 Å². The Morgan fingerprint density at radius 3 is 1.83 bits per heavy atom. The maximum absolute atomic E-state index is 5.74. The molecule has 0 spiro atoms. The van der Waals surface area contributed by atoms with E-state index >= 15 is 0 Å². The minimum Gasteiger partial charge on any atom is -1.00 e. The zero-order valence-electron chi connectivity index (χ0n) is 20.0. The normalized spacial score (nSPS) is 15.0. The number of unbranched alkanes of at least 4 members (excludes halogenated alkanes) is 4. The van der Waals surface area contributed by atoms with Crippen molar-refractivity contribution < 1.29 is 42.9 Å². The second kappa shape index (κ2) is 21.5. The summed E-state index contributed by atoms with van der Waals surface area (Å²) in [5.74, 6) is 0.814. The lowest BCUT2D eigenvalue weighted by Gasteiger charge is -2.40. The first-order valence-electron chi connectivity index (χ1n) is 11.6. The number of quaternary nitrogens is 2. The predicted octanol–water partition coefficient (Wildman–Crippen LogP) is 0.851. The van der Waals surface area contributed by atoms with Crippen LogP contribution < -0.4 is 34.0 Å². The van der Waals surface area contributed by atoms with Gasteiger partial charge in [-0.3, -0.25) is 0 Å². The van der Waals surface area contributed by atoms with Crippen molar-refractivity contribution in [3.63, 3.8) is 0 Å².